The molecule has 2 heteroatoms. The first kappa shape index (κ1) is 12.2. The van der Waals surface area contributed by atoms with Gasteiger partial charge in [-0.15, -0.1) is 0 Å². The molecular formula is C17H18O2. The van der Waals surface area contributed by atoms with E-state index in [-0.39, 0.29) is 11.7 Å². The van der Waals surface area contributed by atoms with Crippen molar-refractivity contribution in [1.29, 1.82) is 0 Å². The van der Waals surface area contributed by atoms with Crippen LogP contribution in [0.2, 0.25) is 0 Å². The van der Waals surface area contributed by atoms with Crippen LogP contribution in [-0.4, -0.2) is 12.9 Å². The molecule has 0 fully saturated rings. The molecule has 0 N–H and O–H groups in total. The minimum absolute atomic E-state index is 0.0532. The van der Waals surface area contributed by atoms with Crippen LogP contribution in [0.25, 0.3) is 0 Å². The van der Waals surface area contributed by atoms with Gasteiger partial charge in [0.05, 0.1) is 7.11 Å². The minimum atomic E-state index is 0.0532. The third-order valence-corrected chi connectivity index (χ3v) is 4.02. The summed E-state index contributed by atoms with van der Waals surface area (Å²) in [5.74, 6) is 1.15. The molecule has 0 bridgehead atoms. The molecule has 3 rings (SSSR count). The number of benzene rings is 1. The maximum atomic E-state index is 12.6. The van der Waals surface area contributed by atoms with E-state index in [9.17, 15) is 4.79 Å². The largest absolute Gasteiger partial charge is 0.497 e. The third kappa shape index (κ3) is 2.23. The van der Waals surface area contributed by atoms with Gasteiger partial charge in [-0.3, -0.25) is 4.79 Å². The molecule has 0 spiro atoms. The van der Waals surface area contributed by atoms with Crippen molar-refractivity contribution in [3.8, 4) is 5.75 Å². The number of hydrogen-bond donors (Lipinski definition) is 0. The first-order chi connectivity index (χ1) is 9.29. The van der Waals surface area contributed by atoms with E-state index in [0.29, 0.717) is 0 Å². The number of carbonyl (C=O) groups is 1. The maximum absolute atomic E-state index is 12.6. The number of allylic oxidation sites excluding steroid dienone is 4. The van der Waals surface area contributed by atoms with Gasteiger partial charge in [-0.1, -0.05) is 18.2 Å². The summed E-state index contributed by atoms with van der Waals surface area (Å²) >= 11 is 0. The van der Waals surface area contributed by atoms with Gasteiger partial charge >= 0.3 is 0 Å². The van der Waals surface area contributed by atoms with Crippen molar-refractivity contribution in [2.45, 2.75) is 25.7 Å². The maximum Gasteiger partial charge on any atom is 0.170 e. The summed E-state index contributed by atoms with van der Waals surface area (Å²) in [6.07, 6.45) is 10.5. The summed E-state index contributed by atoms with van der Waals surface area (Å²) in [6.45, 7) is 0. The van der Waals surface area contributed by atoms with Crippen molar-refractivity contribution in [1.82, 2.24) is 0 Å². The molecule has 1 aromatic carbocycles. The molecule has 0 heterocycles. The Morgan fingerprint density at radius 2 is 2.16 bits per heavy atom. The number of hydrogen-bond acceptors (Lipinski definition) is 2. The zero-order chi connectivity index (χ0) is 13.2. The number of aryl methyl sites for hydroxylation is 1. The SMILES string of the molecule is COc1ccc2c(c1)CCC(C1=CCCC=C1)C2=O. The van der Waals surface area contributed by atoms with Gasteiger partial charge in [0.1, 0.15) is 5.75 Å². The summed E-state index contributed by atoms with van der Waals surface area (Å²) in [7, 11) is 1.66. The monoisotopic (exact) mass is 254 g/mol. The minimum Gasteiger partial charge on any atom is -0.497 e. The highest BCUT2D eigenvalue weighted by Gasteiger charge is 2.29. The van der Waals surface area contributed by atoms with E-state index in [1.807, 2.05) is 18.2 Å². The molecule has 0 radical (unpaired) electrons. The first-order valence-electron chi connectivity index (χ1n) is 6.87. The summed E-state index contributed by atoms with van der Waals surface area (Å²) in [4.78, 5) is 12.6. The molecule has 1 aromatic rings. The van der Waals surface area contributed by atoms with Gasteiger partial charge in [-0.2, -0.15) is 0 Å². The van der Waals surface area contributed by atoms with Crippen molar-refractivity contribution < 1.29 is 9.53 Å². The Balaban J connectivity index is 1.92. The highest BCUT2D eigenvalue weighted by molar-refractivity contribution is 6.02. The number of carbonyl (C=O) groups excluding carboxylic acids is 1. The Bertz CT molecular complexity index is 567. The second-order valence-electron chi connectivity index (χ2n) is 5.16. The van der Waals surface area contributed by atoms with Crippen LogP contribution in [0, 0.1) is 5.92 Å². The average molecular weight is 254 g/mol. The number of methoxy groups -OCH3 is 1. The van der Waals surface area contributed by atoms with E-state index in [1.54, 1.807) is 7.11 Å². The molecular weight excluding hydrogens is 236 g/mol. The summed E-state index contributed by atoms with van der Waals surface area (Å²) in [6, 6.07) is 5.79. The van der Waals surface area contributed by atoms with Crippen LogP contribution in [0.3, 0.4) is 0 Å². The van der Waals surface area contributed by atoms with E-state index >= 15 is 0 Å². The van der Waals surface area contributed by atoms with Crippen LogP contribution in [0.1, 0.15) is 35.2 Å². The quantitative estimate of drug-likeness (QED) is 0.804. The first-order valence-corrected chi connectivity index (χ1v) is 6.87. The lowest BCUT2D eigenvalue weighted by Crippen LogP contribution is -2.24. The van der Waals surface area contributed by atoms with E-state index in [2.05, 4.69) is 18.2 Å². The molecule has 0 aliphatic heterocycles. The molecule has 2 aliphatic rings. The van der Waals surface area contributed by atoms with Gasteiger partial charge < -0.3 is 4.74 Å². The summed E-state index contributed by atoms with van der Waals surface area (Å²) in [5.41, 5.74) is 3.20. The predicted octanol–water partition coefficient (Wildman–Crippen LogP) is 3.72. The molecule has 19 heavy (non-hydrogen) atoms. The molecule has 2 aliphatic carbocycles. The van der Waals surface area contributed by atoms with Crippen LogP contribution in [0.5, 0.6) is 5.75 Å². The second-order valence-corrected chi connectivity index (χ2v) is 5.16. The number of Topliss-reactive ketones (excluding diaryl/α,β-unsaturated/α-hetero) is 1. The molecule has 98 valence electrons. The Hall–Kier alpha value is -1.83. The molecule has 2 nitrogen and oxygen atoms in total. The number of ether oxygens (including phenoxy) is 1. The van der Waals surface area contributed by atoms with Gasteiger partial charge in [0, 0.05) is 11.5 Å². The van der Waals surface area contributed by atoms with Gasteiger partial charge in [0.15, 0.2) is 5.78 Å². The average Bonchev–Trinajstić information content (AvgIpc) is 2.48. The Kier molecular flexibility index (Phi) is 3.24. The molecule has 1 atom stereocenters. The molecule has 1 unspecified atom stereocenters. The lowest BCUT2D eigenvalue weighted by Gasteiger charge is -2.25. The van der Waals surface area contributed by atoms with Crippen LogP contribution >= 0.6 is 0 Å². The number of ketones is 1. The Labute approximate surface area is 113 Å². The van der Waals surface area contributed by atoms with Gasteiger partial charge in [-0.25, -0.2) is 0 Å². The van der Waals surface area contributed by atoms with Crippen LogP contribution in [-0.2, 0) is 6.42 Å². The molecule has 0 aromatic heterocycles. The van der Waals surface area contributed by atoms with Gasteiger partial charge in [-0.05, 0) is 55.0 Å². The van der Waals surface area contributed by atoms with Crippen LogP contribution < -0.4 is 4.74 Å². The van der Waals surface area contributed by atoms with E-state index in [4.69, 9.17) is 4.74 Å². The molecule has 0 saturated heterocycles. The third-order valence-electron chi connectivity index (χ3n) is 4.02. The van der Waals surface area contributed by atoms with Crippen molar-refractivity contribution in [3.63, 3.8) is 0 Å². The van der Waals surface area contributed by atoms with E-state index in [0.717, 1.165) is 42.6 Å². The van der Waals surface area contributed by atoms with E-state index in [1.165, 1.54) is 5.57 Å². The van der Waals surface area contributed by atoms with Crippen molar-refractivity contribution in [3.05, 3.63) is 53.1 Å². The fourth-order valence-electron chi connectivity index (χ4n) is 2.97. The highest BCUT2D eigenvalue weighted by Crippen LogP contribution is 2.33. The summed E-state index contributed by atoms with van der Waals surface area (Å²) in [5, 5.41) is 0. The van der Waals surface area contributed by atoms with Crippen LogP contribution in [0.15, 0.2) is 42.0 Å². The number of rotatable bonds is 2. The fourth-order valence-corrected chi connectivity index (χ4v) is 2.97. The zero-order valence-corrected chi connectivity index (χ0v) is 11.2. The second kappa shape index (κ2) is 5.04. The Morgan fingerprint density at radius 1 is 1.26 bits per heavy atom. The van der Waals surface area contributed by atoms with Crippen molar-refractivity contribution >= 4 is 5.78 Å². The molecule has 0 amide bonds. The predicted molar refractivity (Wildman–Crippen MR) is 75.6 cm³/mol. The number of fused-ring (bicyclic) bond motifs is 1. The van der Waals surface area contributed by atoms with E-state index < -0.39 is 0 Å². The smallest absolute Gasteiger partial charge is 0.170 e. The van der Waals surface area contributed by atoms with Crippen molar-refractivity contribution in [2.75, 3.05) is 7.11 Å². The zero-order valence-electron chi connectivity index (χ0n) is 11.2. The normalized spacial score (nSPS) is 21.8. The van der Waals surface area contributed by atoms with Gasteiger partial charge in [0.2, 0.25) is 0 Å². The van der Waals surface area contributed by atoms with Gasteiger partial charge in [0.25, 0.3) is 0 Å². The summed E-state index contributed by atoms with van der Waals surface area (Å²) < 4.78 is 5.22. The fraction of sp³-hybridized carbons (Fsp3) is 0.353. The Morgan fingerprint density at radius 3 is 2.89 bits per heavy atom. The highest BCUT2D eigenvalue weighted by atomic mass is 16.5. The topological polar surface area (TPSA) is 26.3 Å². The van der Waals surface area contributed by atoms with Crippen molar-refractivity contribution in [2.24, 2.45) is 5.92 Å². The standard InChI is InChI=1S/C17H18O2/c1-19-14-8-10-16-13(11-14)7-9-15(17(16)18)12-5-3-2-4-6-12/h3,5-6,8,10-11,15H,2,4,7,9H2,1H3. The lowest BCUT2D eigenvalue weighted by molar-refractivity contribution is 0.0925. The lowest BCUT2D eigenvalue weighted by atomic mass is 9.77. The van der Waals surface area contributed by atoms with Crippen LogP contribution in [0.4, 0.5) is 0 Å². The molecule has 0 saturated carbocycles.